The largest absolute Gasteiger partial charge is 3.00 e. The van der Waals surface area contributed by atoms with E-state index in [-0.39, 0.29) is 82.7 Å². The second-order valence-corrected chi connectivity index (χ2v) is 22.8. The molecule has 0 heterocycles. The number of rotatable bonds is 9. The van der Waals surface area contributed by atoms with Crippen molar-refractivity contribution in [1.82, 2.24) is 0 Å². The molecule has 0 unspecified atom stereocenters. The fraction of sp³-hybridized carbons (Fsp3) is 0.384. The summed E-state index contributed by atoms with van der Waals surface area (Å²) in [5.74, 6) is 0. The van der Waals surface area contributed by atoms with Gasteiger partial charge in [-0.05, 0) is 172 Å². The second kappa shape index (κ2) is 32.2. The molecule has 0 aliphatic heterocycles. The number of unbranched alkanes of at least 4 members (excludes halogenated alkanes) is 2. The Kier molecular flexibility index (Phi) is 29.8. The first kappa shape index (κ1) is 74.9. The van der Waals surface area contributed by atoms with Crippen LogP contribution in [0.1, 0.15) is 162 Å². The molecule has 4 nitrogen and oxygen atoms in total. The molecule has 7 aromatic carbocycles. The van der Waals surface area contributed by atoms with Crippen LogP contribution in [0.4, 0.5) is 5.69 Å². The molecule has 8 heteroatoms. The van der Waals surface area contributed by atoms with Gasteiger partial charge in [0, 0.05) is 5.54 Å². The molecule has 0 amide bonds. The molecule has 0 saturated carbocycles. The molecule has 0 N–H and O–H groups in total. The Morgan fingerprint density at radius 1 is 0.481 bits per heavy atom. The van der Waals surface area contributed by atoms with Gasteiger partial charge in [-0.3, -0.25) is 10.6 Å². The van der Waals surface area contributed by atoms with E-state index in [4.69, 9.17) is 10.5 Å². The Labute approximate surface area is 547 Å². The molecule has 0 atom stereocenters. The third kappa shape index (κ3) is 16.8. The van der Waals surface area contributed by atoms with Crippen LogP contribution in [-0.4, -0.2) is 40.3 Å². The normalized spacial score (nSPS) is 12.2. The number of allylic oxidation sites excluding steroid dienone is 2. The van der Waals surface area contributed by atoms with Crippen molar-refractivity contribution in [3.05, 3.63) is 218 Å². The molecule has 0 spiro atoms. The molecule has 0 aromatic heterocycles. The summed E-state index contributed by atoms with van der Waals surface area (Å²) in [6.45, 7) is 51.9. The maximum Gasteiger partial charge on any atom is 3.00 e. The zero-order valence-corrected chi connectivity index (χ0v) is 60.5. The molecule has 0 fully saturated rings. The van der Waals surface area contributed by atoms with E-state index >= 15 is 0 Å². The first-order valence-corrected chi connectivity index (χ1v) is 28.1. The van der Waals surface area contributed by atoms with Crippen molar-refractivity contribution in [3.63, 3.8) is 0 Å². The molecule has 7 aromatic rings. The van der Waals surface area contributed by atoms with Gasteiger partial charge in [0.15, 0.2) is 0 Å². The van der Waals surface area contributed by atoms with Gasteiger partial charge in [-0.1, -0.05) is 208 Å². The summed E-state index contributed by atoms with van der Waals surface area (Å²) in [6.07, 6.45) is 4.08. The van der Waals surface area contributed by atoms with Gasteiger partial charge in [-0.15, -0.1) is 11.1 Å². The maximum absolute atomic E-state index is 11.1. The molecule has 8 rings (SSSR count). The molecule has 0 radical (unpaired) electrons. The molecular formula is C73H92Al2I2N4. The Morgan fingerprint density at radius 3 is 1.01 bits per heavy atom. The van der Waals surface area contributed by atoms with Crippen molar-refractivity contribution >= 4 is 40.4 Å². The van der Waals surface area contributed by atoms with Gasteiger partial charge >= 0.3 is 34.7 Å². The molecular weight excluding hydrogens is 1240 g/mol. The van der Waals surface area contributed by atoms with Gasteiger partial charge in [-0.25, -0.2) is 0 Å². The molecule has 0 bridgehead atoms. The van der Waals surface area contributed by atoms with E-state index in [1.54, 1.807) is 0 Å². The quantitative estimate of drug-likeness (QED) is 0.0455. The summed E-state index contributed by atoms with van der Waals surface area (Å²) in [5.41, 5.74) is 41.2. The standard InChI is InChI=1S/C34H40N3.C24H25N.C10H15.C5H12.2Al.2HI/c1-19-15-21(3)31(22(4)16-19)29-13-12-14-30(32-23(5)17-20(2)18-24(32)6)33(29)35-37-36-34(11)27(9)25(7)26(8)28(34)10;1-14-10-16(3)22(17(4)11-14)20-8-7-9-21(24(20)25)23-18(5)12-15(2)13-19(23)6;1-6-7(2)9(4)10(5)8(6)3;1-3-5-4-2;;;;/h12-18H,1-11H3;7-13H,1-6H3;1-5H3;3-5H2,1-2H3;;;2*1H/q-1;-2;-1;;2*+3;;/p-2. The van der Waals surface area contributed by atoms with E-state index < -0.39 is 5.54 Å². The third-order valence-electron chi connectivity index (χ3n) is 16.9. The van der Waals surface area contributed by atoms with E-state index in [2.05, 4.69) is 238 Å². The van der Waals surface area contributed by atoms with Crippen LogP contribution in [0, 0.1) is 118 Å². The predicted octanol–water partition coefficient (Wildman–Crippen LogP) is 15.1. The van der Waals surface area contributed by atoms with Crippen LogP contribution >= 0.6 is 0 Å². The van der Waals surface area contributed by atoms with E-state index in [0.29, 0.717) is 5.36 Å². The van der Waals surface area contributed by atoms with E-state index in [9.17, 15) is 5.41 Å². The van der Waals surface area contributed by atoms with Gasteiger partial charge in [0.2, 0.25) is 0 Å². The molecule has 81 heavy (non-hydrogen) atoms. The summed E-state index contributed by atoms with van der Waals surface area (Å²) in [7, 11) is 0. The number of benzene rings is 6. The second-order valence-electron chi connectivity index (χ2n) is 22.8. The fourth-order valence-corrected chi connectivity index (χ4v) is 12.1. The number of aryl methyl sites for hydroxylation is 12. The predicted molar refractivity (Wildman–Crippen MR) is 349 cm³/mol. The topological polar surface area (TPSA) is 61.1 Å². The summed E-state index contributed by atoms with van der Waals surface area (Å²) in [6, 6.07) is 30.3. The summed E-state index contributed by atoms with van der Waals surface area (Å²) < 4.78 is 0. The SMILES string of the molecule is CC1=C(C)C(C)(N=N[N-]c2c(-c3c(C)cc(C)cc3C)cccc2-c2c(C)cc(C)cc2C)C(C)=C1C.CCCCC.Cc1c(C)c(C)[c-](C)c1C.Cc1cc(C)c(-c2c[cH-]cc(-c3c(C)cc(C)cc3C)c2=[N-])c(C)c1.[Al+3].[Al+3].[I-].[I-]. The number of hydrogen-bond acceptors (Lipinski definition) is 2. The van der Waals surface area contributed by atoms with E-state index in [0.717, 1.165) is 39.1 Å². The van der Waals surface area contributed by atoms with Crippen molar-refractivity contribution in [2.75, 3.05) is 0 Å². The maximum atomic E-state index is 11.1. The van der Waals surface area contributed by atoms with E-state index in [1.165, 1.54) is 147 Å². The summed E-state index contributed by atoms with van der Waals surface area (Å²) in [5, 5.41) is 20.9. The molecule has 424 valence electrons. The monoisotopic (exact) mass is 1330 g/mol. The zero-order chi connectivity index (χ0) is 57.5. The smallest absolute Gasteiger partial charge is 1.00 e. The van der Waals surface area contributed by atoms with Crippen molar-refractivity contribution in [2.45, 2.75) is 191 Å². The van der Waals surface area contributed by atoms with Gasteiger partial charge < -0.3 is 63.9 Å². The van der Waals surface area contributed by atoms with Crippen LogP contribution in [0.15, 0.2) is 118 Å². The Morgan fingerprint density at radius 2 is 0.765 bits per heavy atom. The van der Waals surface area contributed by atoms with Gasteiger partial charge in [-0.2, -0.15) is 46.0 Å². The number of hydrogen-bond donors (Lipinski definition) is 0. The van der Waals surface area contributed by atoms with Crippen LogP contribution in [0.3, 0.4) is 0 Å². The van der Waals surface area contributed by atoms with Crippen LogP contribution in [0.2, 0.25) is 0 Å². The first-order valence-electron chi connectivity index (χ1n) is 28.1. The minimum absolute atomic E-state index is 0. The van der Waals surface area contributed by atoms with Crippen molar-refractivity contribution in [1.29, 1.82) is 0 Å². The van der Waals surface area contributed by atoms with Crippen molar-refractivity contribution in [3.8, 4) is 44.5 Å². The van der Waals surface area contributed by atoms with Gasteiger partial charge in [0.1, 0.15) is 0 Å². The summed E-state index contributed by atoms with van der Waals surface area (Å²) in [4.78, 5) is 0. The van der Waals surface area contributed by atoms with Crippen molar-refractivity contribution in [2.24, 2.45) is 10.3 Å². The first-order chi connectivity index (χ1) is 36.1. The van der Waals surface area contributed by atoms with E-state index in [1.807, 2.05) is 18.2 Å². The van der Waals surface area contributed by atoms with Crippen LogP contribution in [0.5, 0.6) is 0 Å². The Balaban J connectivity index is 0.000000642. The number of nitrogens with zero attached hydrogens (tertiary/aromatic N) is 4. The average Bonchev–Trinajstić information content (AvgIpc) is 3.59. The Bertz CT molecular complexity index is 3130. The third-order valence-corrected chi connectivity index (χ3v) is 16.9. The van der Waals surface area contributed by atoms with Crippen molar-refractivity contribution < 1.29 is 48.0 Å². The summed E-state index contributed by atoms with van der Waals surface area (Å²) >= 11 is 0. The fourth-order valence-electron chi connectivity index (χ4n) is 12.1. The molecule has 0 saturated heterocycles. The van der Waals surface area contributed by atoms with Crippen LogP contribution < -0.4 is 53.3 Å². The average molecular weight is 1330 g/mol. The molecule has 1 aliphatic carbocycles. The Hall–Kier alpha value is -4.13. The molecule has 1 aliphatic rings. The van der Waals surface area contributed by atoms with Gasteiger partial charge in [0.25, 0.3) is 0 Å². The van der Waals surface area contributed by atoms with Gasteiger partial charge in [0.05, 0.1) is 0 Å². The zero-order valence-electron chi connectivity index (χ0n) is 53.9. The minimum Gasteiger partial charge on any atom is -1.00 e. The van der Waals surface area contributed by atoms with Crippen LogP contribution in [0.25, 0.3) is 55.3 Å². The van der Waals surface area contributed by atoms with Crippen LogP contribution in [-0.2, 0) is 0 Å². The number of halogens is 2. The minimum atomic E-state index is -0.460.